The van der Waals surface area contributed by atoms with E-state index in [1.165, 1.54) is 25.7 Å². The van der Waals surface area contributed by atoms with Crippen molar-refractivity contribution in [3.8, 4) is 5.75 Å². The number of aromatic hydroxyl groups is 1. The summed E-state index contributed by atoms with van der Waals surface area (Å²) < 4.78 is 0. The van der Waals surface area contributed by atoms with Crippen LogP contribution < -0.4 is 11.5 Å². The van der Waals surface area contributed by atoms with E-state index in [9.17, 15) is 14.7 Å². The maximum absolute atomic E-state index is 12.0. The largest absolute Gasteiger partial charge is 0.508 e. The van der Waals surface area contributed by atoms with Gasteiger partial charge in [-0.1, -0.05) is 49.6 Å². The van der Waals surface area contributed by atoms with E-state index in [-0.39, 0.29) is 23.7 Å². The molecule has 1 aliphatic carbocycles. The highest BCUT2D eigenvalue weighted by Gasteiger charge is 2.39. The molecule has 4 rings (SSSR count). The van der Waals surface area contributed by atoms with E-state index in [0.717, 1.165) is 24.1 Å². The highest BCUT2D eigenvalue weighted by Crippen LogP contribution is 2.38. The topological polar surface area (TPSA) is 130 Å². The number of piperidine rings is 1. The zero-order chi connectivity index (χ0) is 26.1. The number of aliphatic hydroxyl groups excluding tert-OH is 1. The number of primary amides is 1. The average Bonchev–Trinajstić information content (AvgIpc) is 2.89. The number of aldehydes is 1. The summed E-state index contributed by atoms with van der Waals surface area (Å²) in [5, 5.41) is 19.7. The molecule has 6 N–H and O–H groups in total. The van der Waals surface area contributed by atoms with E-state index in [1.807, 2.05) is 30.3 Å². The van der Waals surface area contributed by atoms with Crippen molar-refractivity contribution in [2.24, 2.45) is 23.3 Å². The minimum atomic E-state index is -0.659. The first-order valence-corrected chi connectivity index (χ1v) is 13.7. The van der Waals surface area contributed by atoms with Gasteiger partial charge in [0.1, 0.15) is 12.0 Å². The molecule has 1 saturated carbocycles. The molecule has 2 aromatic rings. The Balaban J connectivity index is 0.000000303. The molecule has 5 atom stereocenters. The van der Waals surface area contributed by atoms with Crippen LogP contribution in [0.4, 0.5) is 0 Å². The summed E-state index contributed by atoms with van der Waals surface area (Å²) in [7, 11) is 0. The fourth-order valence-corrected chi connectivity index (χ4v) is 6.12. The highest BCUT2D eigenvalue weighted by atomic mass is 32.2. The minimum absolute atomic E-state index is 0.171. The molecule has 1 amide bonds. The number of carbonyl (C=O) groups excluding carboxylic acids is 2. The van der Waals surface area contributed by atoms with Gasteiger partial charge in [0.25, 0.3) is 0 Å². The number of likely N-dealkylation sites (tertiary alicyclic amines) is 1. The van der Waals surface area contributed by atoms with Gasteiger partial charge in [-0.25, -0.2) is 0 Å². The van der Waals surface area contributed by atoms with Crippen LogP contribution in [0.2, 0.25) is 0 Å². The summed E-state index contributed by atoms with van der Waals surface area (Å²) in [6, 6.07) is 14.3. The number of fused-ring (bicyclic) bond motifs is 1. The number of phenols is 1. The van der Waals surface area contributed by atoms with Gasteiger partial charge >= 0.3 is 0 Å². The second kappa shape index (κ2) is 13.8. The van der Waals surface area contributed by atoms with Crippen molar-refractivity contribution >= 4 is 24.0 Å². The summed E-state index contributed by atoms with van der Waals surface area (Å²) in [6.45, 7) is 2.99. The minimum Gasteiger partial charge on any atom is -0.508 e. The number of nitrogens with two attached hydrogens (primary N) is 2. The molecule has 8 heteroatoms. The standard InChI is InChI=1S/C20H31N3O2S.C8H8O2/c21-17(13-26-16-8-2-1-3-9-16)19(24)12-23-11-15-7-5-4-6-14(15)10-18(23)20(22)25;1-6-7(5-9)3-2-4-8(6)10/h1-3,8-9,14-15,17-19,24H,4-7,10-13,21H2,(H2,22,25);2-5,10H,1H3/t14?,15?,17?,18-,19?;/m0./s1. The Morgan fingerprint density at radius 2 is 1.83 bits per heavy atom. The SMILES string of the molecule is Cc1c(O)cccc1C=O.NC(=O)[C@@H]1CC2CCCCC2CN1CC(O)C(N)CSc1ccccc1. The van der Waals surface area contributed by atoms with Crippen molar-refractivity contribution in [2.75, 3.05) is 18.8 Å². The van der Waals surface area contributed by atoms with E-state index >= 15 is 0 Å². The maximum Gasteiger partial charge on any atom is 0.234 e. The van der Waals surface area contributed by atoms with Crippen LogP contribution in [0.25, 0.3) is 0 Å². The smallest absolute Gasteiger partial charge is 0.234 e. The van der Waals surface area contributed by atoms with E-state index in [0.29, 0.717) is 35.3 Å². The van der Waals surface area contributed by atoms with E-state index < -0.39 is 6.10 Å². The van der Waals surface area contributed by atoms with Gasteiger partial charge in [-0.3, -0.25) is 14.5 Å². The summed E-state index contributed by atoms with van der Waals surface area (Å²) in [4.78, 5) is 25.5. The number of amides is 1. The van der Waals surface area contributed by atoms with Crippen LogP contribution >= 0.6 is 11.8 Å². The number of phenolic OH excluding ortho intramolecular Hbond substituents is 1. The van der Waals surface area contributed by atoms with Gasteiger partial charge in [0.15, 0.2) is 0 Å². The Bertz CT molecular complexity index is 990. The van der Waals surface area contributed by atoms with Crippen LogP contribution in [0.15, 0.2) is 53.4 Å². The number of benzene rings is 2. The van der Waals surface area contributed by atoms with Gasteiger partial charge in [-0.2, -0.15) is 0 Å². The molecule has 36 heavy (non-hydrogen) atoms. The number of hydrogen-bond donors (Lipinski definition) is 4. The third-order valence-corrected chi connectivity index (χ3v) is 8.56. The monoisotopic (exact) mass is 513 g/mol. The predicted octanol–water partition coefficient (Wildman–Crippen LogP) is 3.35. The number of thioether (sulfide) groups is 1. The quantitative estimate of drug-likeness (QED) is 0.315. The Morgan fingerprint density at radius 3 is 2.47 bits per heavy atom. The number of aliphatic hydroxyl groups is 1. The van der Waals surface area contributed by atoms with Gasteiger partial charge < -0.3 is 21.7 Å². The van der Waals surface area contributed by atoms with Crippen LogP contribution in [0, 0.1) is 18.8 Å². The molecule has 0 spiro atoms. The molecule has 4 unspecified atom stereocenters. The highest BCUT2D eigenvalue weighted by molar-refractivity contribution is 7.99. The number of nitrogens with zero attached hydrogens (tertiary/aromatic N) is 1. The van der Waals surface area contributed by atoms with Gasteiger partial charge in [0.05, 0.1) is 12.1 Å². The van der Waals surface area contributed by atoms with E-state index in [1.54, 1.807) is 36.9 Å². The van der Waals surface area contributed by atoms with Crippen LogP contribution in [-0.4, -0.2) is 64.3 Å². The summed E-state index contributed by atoms with van der Waals surface area (Å²) in [5.41, 5.74) is 13.1. The Morgan fingerprint density at radius 1 is 1.14 bits per heavy atom. The second-order valence-electron chi connectivity index (χ2n) is 9.88. The average molecular weight is 514 g/mol. The number of β-amino-alcohol motifs (C(OH)–C–C–N with tert-alkyl or cyclic N) is 1. The number of hydrogen-bond acceptors (Lipinski definition) is 7. The molecular formula is C28H39N3O4S. The number of carbonyl (C=O) groups is 2. The second-order valence-corrected chi connectivity index (χ2v) is 11.0. The lowest BCUT2D eigenvalue weighted by Gasteiger charge is -2.45. The van der Waals surface area contributed by atoms with Crippen LogP contribution in [0.5, 0.6) is 5.75 Å². The molecule has 1 heterocycles. The van der Waals surface area contributed by atoms with Crippen LogP contribution in [0.1, 0.15) is 48.0 Å². The molecule has 1 aliphatic heterocycles. The van der Waals surface area contributed by atoms with Crippen molar-refractivity contribution < 1.29 is 19.8 Å². The van der Waals surface area contributed by atoms with Crippen molar-refractivity contribution in [1.82, 2.24) is 4.90 Å². The normalized spacial score (nSPS) is 23.5. The molecule has 1 saturated heterocycles. The summed E-state index contributed by atoms with van der Waals surface area (Å²) in [5.74, 6) is 1.78. The Labute approximate surface area is 218 Å². The first-order chi connectivity index (χ1) is 17.3. The predicted molar refractivity (Wildman–Crippen MR) is 144 cm³/mol. The summed E-state index contributed by atoms with van der Waals surface area (Å²) >= 11 is 1.65. The third kappa shape index (κ3) is 7.80. The fourth-order valence-electron chi connectivity index (χ4n) is 5.16. The molecule has 2 aliphatic rings. The number of rotatable bonds is 8. The van der Waals surface area contributed by atoms with Crippen molar-refractivity contribution in [3.63, 3.8) is 0 Å². The molecule has 0 bridgehead atoms. The first-order valence-electron chi connectivity index (χ1n) is 12.7. The lowest BCUT2D eigenvalue weighted by atomic mass is 9.72. The van der Waals surface area contributed by atoms with Crippen molar-refractivity contribution in [1.29, 1.82) is 0 Å². The molecule has 2 fully saturated rings. The van der Waals surface area contributed by atoms with Crippen molar-refractivity contribution in [3.05, 3.63) is 59.7 Å². The molecule has 0 aromatic heterocycles. The van der Waals surface area contributed by atoms with Crippen molar-refractivity contribution in [2.45, 2.75) is 62.1 Å². The lowest BCUT2D eigenvalue weighted by Crippen LogP contribution is -2.57. The summed E-state index contributed by atoms with van der Waals surface area (Å²) in [6.07, 6.45) is 5.86. The molecular weight excluding hydrogens is 474 g/mol. The first kappa shape index (κ1) is 28.2. The zero-order valence-corrected chi connectivity index (χ0v) is 21.8. The fraction of sp³-hybridized carbons (Fsp3) is 0.500. The molecule has 0 radical (unpaired) electrons. The lowest BCUT2D eigenvalue weighted by molar-refractivity contribution is -0.127. The van der Waals surface area contributed by atoms with E-state index in [4.69, 9.17) is 16.6 Å². The zero-order valence-electron chi connectivity index (χ0n) is 21.0. The molecule has 196 valence electrons. The van der Waals surface area contributed by atoms with Gasteiger partial charge in [-0.15, -0.1) is 11.8 Å². The Kier molecular flexibility index (Phi) is 10.8. The van der Waals surface area contributed by atoms with E-state index in [2.05, 4.69) is 4.90 Å². The molecule has 2 aromatic carbocycles. The van der Waals surface area contributed by atoms with Gasteiger partial charge in [-0.05, 0) is 49.8 Å². The van der Waals surface area contributed by atoms with Gasteiger partial charge in [0.2, 0.25) is 5.91 Å². The Hall–Kier alpha value is -2.39. The molecule has 7 nitrogen and oxygen atoms in total. The van der Waals surface area contributed by atoms with Crippen LogP contribution in [0.3, 0.4) is 0 Å². The third-order valence-electron chi connectivity index (χ3n) is 7.41. The van der Waals surface area contributed by atoms with Crippen LogP contribution in [-0.2, 0) is 4.79 Å². The maximum atomic E-state index is 12.0. The van der Waals surface area contributed by atoms with Gasteiger partial charge in [0, 0.05) is 40.9 Å².